The monoisotopic (exact) mass is 683 g/mol. The van der Waals surface area contributed by atoms with Gasteiger partial charge in [-0.2, -0.15) is 0 Å². The number of unbranched alkanes of at least 4 members (excludes halogenated alkanes) is 1. The molecule has 0 fully saturated rings. The van der Waals surface area contributed by atoms with Gasteiger partial charge >= 0.3 is 0 Å². The average molecular weight is 684 g/mol. The second-order valence-corrected chi connectivity index (χ2v) is 13.9. The zero-order chi connectivity index (χ0) is 35.3. The lowest BCUT2D eigenvalue weighted by molar-refractivity contribution is 0.663. The molecule has 0 saturated carbocycles. The van der Waals surface area contributed by atoms with Crippen LogP contribution in [0.1, 0.15) is 25.3 Å². The van der Waals surface area contributed by atoms with Crippen molar-refractivity contribution >= 4 is 71.7 Å². The van der Waals surface area contributed by atoms with Crippen molar-refractivity contribution in [2.24, 2.45) is 0 Å². The van der Waals surface area contributed by atoms with Crippen molar-refractivity contribution in [2.45, 2.75) is 26.2 Å². The highest BCUT2D eigenvalue weighted by Crippen LogP contribution is 2.42. The van der Waals surface area contributed by atoms with Gasteiger partial charge in [0.05, 0.1) is 0 Å². The van der Waals surface area contributed by atoms with Gasteiger partial charge in [0.25, 0.3) is 0 Å². The van der Waals surface area contributed by atoms with Gasteiger partial charge in [0.1, 0.15) is 22.3 Å². The van der Waals surface area contributed by atoms with Gasteiger partial charge in [0.2, 0.25) is 0 Å². The predicted molar refractivity (Wildman–Crippen MR) is 223 cm³/mol. The standard InChI is InChI=1S/C50H37NO2/c1-2-3-11-34-12-9-18-42-40(34)16-10-17-41(42)35-22-27-39(28-23-35)51(37-13-5-4-6-14-37)38-25-20-33(21-26-38)36-24-29-44-48(32-36)53-47-31-30-46-49(50(44)47)43-15-7-8-19-45(43)52-46/h4-10,12-32H,2-3,11H2,1H3. The maximum atomic E-state index is 6.46. The molecule has 0 aliphatic carbocycles. The SMILES string of the molecule is CCCCc1cccc2c(-c3ccc(N(c4ccccc4)c4ccc(-c5ccc6c(c5)oc5ccc7oc8ccccc8c7c56)cc4)cc3)cccc12. The van der Waals surface area contributed by atoms with E-state index in [1.165, 1.54) is 40.3 Å². The van der Waals surface area contributed by atoms with E-state index < -0.39 is 0 Å². The number of hydrogen-bond acceptors (Lipinski definition) is 3. The van der Waals surface area contributed by atoms with Gasteiger partial charge < -0.3 is 13.7 Å². The first-order valence-electron chi connectivity index (χ1n) is 18.6. The molecule has 0 spiro atoms. The third-order valence-corrected chi connectivity index (χ3v) is 10.7. The van der Waals surface area contributed by atoms with Crippen LogP contribution in [0.15, 0.2) is 179 Å². The largest absolute Gasteiger partial charge is 0.456 e. The molecule has 0 bridgehead atoms. The van der Waals surface area contributed by atoms with Crippen LogP contribution in [0.2, 0.25) is 0 Å². The molecule has 3 nitrogen and oxygen atoms in total. The van der Waals surface area contributed by atoms with E-state index in [0.717, 1.165) is 78.5 Å². The molecule has 10 aromatic rings. The highest BCUT2D eigenvalue weighted by atomic mass is 16.3. The molecule has 0 aliphatic rings. The van der Waals surface area contributed by atoms with Crippen LogP contribution in [0, 0.1) is 0 Å². The van der Waals surface area contributed by atoms with Crippen LogP contribution in [-0.4, -0.2) is 0 Å². The van der Waals surface area contributed by atoms with E-state index in [2.05, 4.69) is 157 Å². The topological polar surface area (TPSA) is 29.5 Å². The molecule has 0 N–H and O–H groups in total. The molecule has 53 heavy (non-hydrogen) atoms. The van der Waals surface area contributed by atoms with Crippen LogP contribution in [-0.2, 0) is 6.42 Å². The van der Waals surface area contributed by atoms with Crippen LogP contribution < -0.4 is 4.90 Å². The molecule has 2 heterocycles. The molecule has 3 heteroatoms. The Hall–Kier alpha value is -6.58. The third-order valence-electron chi connectivity index (χ3n) is 10.7. The molecular weight excluding hydrogens is 647 g/mol. The summed E-state index contributed by atoms with van der Waals surface area (Å²) in [7, 11) is 0. The van der Waals surface area contributed by atoms with Crippen LogP contribution in [0.3, 0.4) is 0 Å². The minimum absolute atomic E-state index is 0.869. The Kier molecular flexibility index (Phi) is 7.58. The summed E-state index contributed by atoms with van der Waals surface area (Å²) < 4.78 is 12.6. The van der Waals surface area contributed by atoms with Crippen LogP contribution >= 0.6 is 0 Å². The van der Waals surface area contributed by atoms with Gasteiger partial charge in [0, 0.05) is 38.6 Å². The van der Waals surface area contributed by atoms with Gasteiger partial charge in [-0.15, -0.1) is 0 Å². The zero-order valence-corrected chi connectivity index (χ0v) is 29.6. The first-order valence-corrected chi connectivity index (χ1v) is 18.6. The summed E-state index contributed by atoms with van der Waals surface area (Å²) in [4.78, 5) is 2.32. The van der Waals surface area contributed by atoms with E-state index in [1.54, 1.807) is 0 Å². The van der Waals surface area contributed by atoms with Crippen molar-refractivity contribution in [2.75, 3.05) is 4.90 Å². The maximum absolute atomic E-state index is 6.46. The number of aryl methyl sites for hydroxylation is 1. The first kappa shape index (κ1) is 31.2. The molecule has 0 amide bonds. The van der Waals surface area contributed by atoms with Crippen molar-refractivity contribution in [3.8, 4) is 22.3 Å². The molecule has 8 aromatic carbocycles. The normalized spacial score (nSPS) is 11.7. The number of furan rings is 2. The third kappa shape index (κ3) is 5.36. The van der Waals surface area contributed by atoms with Gasteiger partial charge in [-0.05, 0) is 118 Å². The predicted octanol–water partition coefficient (Wildman–Crippen LogP) is 14.8. The van der Waals surface area contributed by atoms with Gasteiger partial charge in [-0.25, -0.2) is 0 Å². The fraction of sp³-hybridized carbons (Fsp3) is 0.0800. The van der Waals surface area contributed by atoms with Crippen LogP contribution in [0.25, 0.3) is 76.9 Å². The average Bonchev–Trinajstić information content (AvgIpc) is 3.79. The zero-order valence-electron chi connectivity index (χ0n) is 29.6. The summed E-state index contributed by atoms with van der Waals surface area (Å²) in [6.45, 7) is 2.26. The number of anilines is 3. The van der Waals surface area contributed by atoms with E-state index in [-0.39, 0.29) is 0 Å². The summed E-state index contributed by atoms with van der Waals surface area (Å²) in [5.41, 5.74) is 13.0. The van der Waals surface area contributed by atoms with Crippen molar-refractivity contribution < 1.29 is 8.83 Å². The first-order chi connectivity index (χ1) is 26.2. The molecule has 0 atom stereocenters. The number of nitrogens with zero attached hydrogens (tertiary/aromatic N) is 1. The lowest BCUT2D eigenvalue weighted by atomic mass is 9.94. The maximum Gasteiger partial charge on any atom is 0.136 e. The van der Waals surface area contributed by atoms with Gasteiger partial charge in [0.15, 0.2) is 0 Å². The minimum atomic E-state index is 0.869. The minimum Gasteiger partial charge on any atom is -0.456 e. The number of para-hydroxylation sites is 2. The Balaban J connectivity index is 0.997. The Morgan fingerprint density at radius 1 is 0.415 bits per heavy atom. The van der Waals surface area contributed by atoms with Crippen LogP contribution in [0.5, 0.6) is 0 Å². The van der Waals surface area contributed by atoms with Crippen molar-refractivity contribution in [1.29, 1.82) is 0 Å². The summed E-state index contributed by atoms with van der Waals surface area (Å²) >= 11 is 0. The number of rotatable bonds is 8. The van der Waals surface area contributed by atoms with E-state index in [0.29, 0.717) is 0 Å². The van der Waals surface area contributed by atoms with E-state index in [1.807, 2.05) is 24.3 Å². The Bertz CT molecular complexity index is 2920. The number of hydrogen-bond donors (Lipinski definition) is 0. The quantitative estimate of drug-likeness (QED) is 0.160. The highest BCUT2D eigenvalue weighted by Gasteiger charge is 2.18. The van der Waals surface area contributed by atoms with Gasteiger partial charge in [-0.1, -0.05) is 116 Å². The Morgan fingerprint density at radius 2 is 1.00 bits per heavy atom. The molecule has 2 aromatic heterocycles. The number of benzene rings is 8. The summed E-state index contributed by atoms with van der Waals surface area (Å²) in [5, 5.41) is 7.09. The fourth-order valence-electron chi connectivity index (χ4n) is 8.09. The molecule has 0 unspecified atom stereocenters. The smallest absolute Gasteiger partial charge is 0.136 e. The molecular formula is C50H37NO2. The van der Waals surface area contributed by atoms with E-state index >= 15 is 0 Å². The Labute approximate surface area is 308 Å². The number of fused-ring (bicyclic) bond motifs is 8. The van der Waals surface area contributed by atoms with E-state index in [4.69, 9.17) is 8.83 Å². The summed E-state index contributed by atoms with van der Waals surface area (Å²) in [5.74, 6) is 0. The lowest BCUT2D eigenvalue weighted by Gasteiger charge is -2.26. The molecule has 0 saturated heterocycles. The lowest BCUT2D eigenvalue weighted by Crippen LogP contribution is -2.09. The highest BCUT2D eigenvalue weighted by molar-refractivity contribution is 6.25. The molecule has 254 valence electrons. The second kappa shape index (κ2) is 12.9. The summed E-state index contributed by atoms with van der Waals surface area (Å²) in [6, 6.07) is 60.7. The van der Waals surface area contributed by atoms with E-state index in [9.17, 15) is 0 Å². The Morgan fingerprint density at radius 3 is 1.75 bits per heavy atom. The van der Waals surface area contributed by atoms with Crippen LogP contribution in [0.4, 0.5) is 17.1 Å². The molecule has 0 aliphatic heterocycles. The fourth-order valence-corrected chi connectivity index (χ4v) is 8.09. The second-order valence-electron chi connectivity index (χ2n) is 13.9. The van der Waals surface area contributed by atoms with Crippen molar-refractivity contribution in [1.82, 2.24) is 0 Å². The molecule has 10 rings (SSSR count). The van der Waals surface area contributed by atoms with Crippen molar-refractivity contribution in [3.05, 3.63) is 175 Å². The van der Waals surface area contributed by atoms with Crippen molar-refractivity contribution in [3.63, 3.8) is 0 Å². The van der Waals surface area contributed by atoms with Gasteiger partial charge in [-0.3, -0.25) is 0 Å². The molecule has 0 radical (unpaired) electrons. The summed E-state index contributed by atoms with van der Waals surface area (Å²) in [6.07, 6.45) is 3.52.